The molecule has 0 spiro atoms. The lowest BCUT2D eigenvalue weighted by molar-refractivity contribution is 0.892. The summed E-state index contributed by atoms with van der Waals surface area (Å²) in [5.41, 5.74) is 0. The van der Waals surface area contributed by atoms with Crippen molar-refractivity contribution in [2.75, 3.05) is 0 Å². The van der Waals surface area contributed by atoms with Gasteiger partial charge in [0, 0.05) is 0 Å². The van der Waals surface area contributed by atoms with Gasteiger partial charge in [-0.05, 0) is 0 Å². The third-order valence-electron chi connectivity index (χ3n) is 0. The highest BCUT2D eigenvalue weighted by atomic mass is 127. The van der Waals surface area contributed by atoms with Gasteiger partial charge in [-0.15, -0.1) is 0 Å². The first-order chi connectivity index (χ1) is 2.00. The van der Waals surface area contributed by atoms with Crippen LogP contribution in [0.15, 0.2) is 0 Å². The van der Waals surface area contributed by atoms with Crippen molar-refractivity contribution in [3.05, 3.63) is 0 Å². The van der Waals surface area contributed by atoms with Gasteiger partial charge in [0.25, 0.3) is 0 Å². The Morgan fingerprint density at radius 2 is 1.20 bits per heavy atom. The van der Waals surface area contributed by atoms with Crippen molar-refractivity contribution in [3.8, 4) is 0 Å². The van der Waals surface area contributed by atoms with Gasteiger partial charge in [0.05, 0.1) is 0 Å². The minimum absolute atomic E-state index is 1.82. The molecule has 0 aromatic heterocycles. The van der Waals surface area contributed by atoms with Crippen molar-refractivity contribution < 1.29 is 4.11 Å². The van der Waals surface area contributed by atoms with E-state index in [0.717, 1.165) is 0 Å². The van der Waals surface area contributed by atoms with Crippen molar-refractivity contribution in [2.45, 2.75) is 0 Å². The predicted octanol–water partition coefficient (Wildman–Crippen LogP) is 2.70. The van der Waals surface area contributed by atoms with Crippen LogP contribution in [0.2, 0.25) is 0 Å². The van der Waals surface area contributed by atoms with Gasteiger partial charge in [0.2, 0.25) is 0 Å². The molecule has 0 unspecified atom stereocenters. The Morgan fingerprint density at radius 3 is 1.20 bits per heavy atom. The second-order valence-electron chi connectivity index (χ2n) is 0.429. The lowest BCUT2D eigenvalue weighted by atomic mass is 18.9. The van der Waals surface area contributed by atoms with Crippen LogP contribution in [0.5, 0.6) is 0 Å². The molecule has 0 N–H and O–H groups in total. The summed E-state index contributed by atoms with van der Waals surface area (Å²) in [7, 11) is 0. The van der Waals surface area contributed by atoms with E-state index in [2.05, 4.69) is 0 Å². The van der Waals surface area contributed by atoms with E-state index < -0.39 is 0.898 Å². The first-order valence-corrected chi connectivity index (χ1v) is 12.0. The third kappa shape index (κ3) is 21.8. The first-order valence-electron chi connectivity index (χ1n) is 0.756. The van der Waals surface area contributed by atoms with E-state index in [-0.39, 0.29) is 0 Å². The number of hydrogen-bond donors (Lipinski definition) is 0. The van der Waals surface area contributed by atoms with Crippen LogP contribution in [0.4, 0.5) is 4.11 Å². The van der Waals surface area contributed by atoms with Gasteiger partial charge >= 0.3 is 0.898 Å². The van der Waals surface area contributed by atoms with Crippen molar-refractivity contribution >= 4 is 66.3 Å². The second kappa shape index (κ2) is 2.60. The van der Waals surface area contributed by atoms with E-state index in [1.807, 2.05) is 65.4 Å². The molecule has 0 amide bonds. The molecule has 0 saturated heterocycles. The van der Waals surface area contributed by atoms with E-state index in [1.165, 1.54) is 0 Å². The molecule has 0 fully saturated rings. The molecule has 0 heterocycles. The minimum atomic E-state index is -2.20. The molecular weight excluding hydrogens is 428 g/mol. The second-order valence-corrected chi connectivity index (χ2v) is 33.2. The van der Waals surface area contributed by atoms with Crippen molar-refractivity contribution in [1.82, 2.24) is 0 Å². The van der Waals surface area contributed by atoms with E-state index in [0.29, 0.717) is 0 Å². The molecule has 0 rings (SSSR count). The Bertz CT molecular complexity index is 22.4. The maximum absolute atomic E-state index is 11.8. The molecule has 0 nitrogen and oxygen atoms in total. The molecule has 5 heavy (non-hydrogen) atoms. The summed E-state index contributed by atoms with van der Waals surface area (Å²) in [6, 6.07) is 0. The lowest BCUT2D eigenvalue weighted by Gasteiger charge is -1.86. The zero-order chi connectivity index (χ0) is 4.50. The molecule has 0 radical (unpaired) electrons. The average molecular weight is 428 g/mol. The van der Waals surface area contributed by atoms with Crippen LogP contribution in [0.3, 0.4) is 0 Å². The molecule has 0 bridgehead atoms. The summed E-state index contributed by atoms with van der Waals surface area (Å²) in [6.45, 7) is 0. The molecule has 32 valence electrons. The molecule has 0 aromatic carbocycles. The van der Waals surface area contributed by atoms with Gasteiger partial charge in [0.1, 0.15) is 0 Å². The molecule has 0 atom stereocenters. The third-order valence-corrected chi connectivity index (χ3v) is 0. The smallest absolute Gasteiger partial charge is 0.273 e. The van der Waals surface area contributed by atoms with Crippen LogP contribution < -0.4 is 0 Å². The fourth-order valence-corrected chi connectivity index (χ4v) is 0. The Kier molecular flexibility index (Phi) is 3.81. The SMILES string of the molecule is F[Si](I)(I)I. The maximum atomic E-state index is 11.8. The summed E-state index contributed by atoms with van der Waals surface area (Å²) < 4.78 is 9.59. The molecule has 5 heteroatoms. The summed E-state index contributed by atoms with van der Waals surface area (Å²) in [4.78, 5) is 0. The molecule has 0 aromatic rings. The van der Waals surface area contributed by atoms with E-state index in [9.17, 15) is 4.11 Å². The minimum Gasteiger partial charge on any atom is -0.273 e. The molecule has 0 aliphatic carbocycles. The zero-order valence-electron chi connectivity index (χ0n) is 2.01. The van der Waals surface area contributed by atoms with Gasteiger partial charge in [-0.3, -0.25) is 4.11 Å². The van der Waals surface area contributed by atoms with Crippen molar-refractivity contribution in [1.29, 1.82) is 0 Å². The van der Waals surface area contributed by atoms with E-state index in [1.54, 1.807) is 0 Å². The normalized spacial score (nSPS) is 12.0. The summed E-state index contributed by atoms with van der Waals surface area (Å²) in [6.07, 6.45) is 0. The highest BCUT2D eigenvalue weighted by Gasteiger charge is 2.18. The Labute approximate surface area is 69.1 Å². The summed E-state index contributed by atoms with van der Waals surface area (Å²) in [5, 5.41) is 0. The van der Waals surface area contributed by atoms with E-state index in [4.69, 9.17) is 0 Å². The largest absolute Gasteiger partial charge is 0.434 e. The van der Waals surface area contributed by atoms with Crippen LogP contribution in [-0.4, -0.2) is 0.898 Å². The Balaban J connectivity index is 3.02. The predicted molar refractivity (Wildman–Crippen MR) is 48.9 cm³/mol. The van der Waals surface area contributed by atoms with Gasteiger partial charge in [-0.1, -0.05) is 65.4 Å². The van der Waals surface area contributed by atoms with Gasteiger partial charge in [0.15, 0.2) is 0 Å². The number of hydrogen-bond acceptors (Lipinski definition) is 0. The molecule has 0 aliphatic rings. The zero-order valence-corrected chi connectivity index (χ0v) is 9.48. The van der Waals surface area contributed by atoms with Gasteiger partial charge in [-0.25, -0.2) is 0 Å². The number of halogens is 4. The van der Waals surface area contributed by atoms with Crippen LogP contribution in [-0.2, 0) is 0 Å². The number of rotatable bonds is 0. The average Bonchev–Trinajstić information content (AvgIpc) is 0.722. The molecular formula is FI3Si. The van der Waals surface area contributed by atoms with Crippen LogP contribution >= 0.6 is 65.4 Å². The van der Waals surface area contributed by atoms with Crippen molar-refractivity contribution in [2.24, 2.45) is 0 Å². The standard InChI is InChI=1S/FI3Si/c1-5(2,3)4. The fraction of sp³-hybridized carbons (Fsp3) is 0. The Morgan fingerprint density at radius 1 is 1.20 bits per heavy atom. The Hall–Kier alpha value is 2.34. The summed E-state index contributed by atoms with van der Waals surface area (Å²) in [5.74, 6) is 0. The van der Waals surface area contributed by atoms with E-state index >= 15 is 0 Å². The summed E-state index contributed by atoms with van der Waals surface area (Å²) >= 11 is 5.47. The van der Waals surface area contributed by atoms with Gasteiger partial charge < -0.3 is 0 Å². The maximum Gasteiger partial charge on any atom is 0.434 e. The van der Waals surface area contributed by atoms with Crippen LogP contribution in [0.25, 0.3) is 0 Å². The van der Waals surface area contributed by atoms with Crippen LogP contribution in [0.1, 0.15) is 0 Å². The lowest BCUT2D eigenvalue weighted by Crippen LogP contribution is -1.89. The highest BCUT2D eigenvalue weighted by Crippen LogP contribution is 2.29. The topological polar surface area (TPSA) is 0 Å². The molecule has 0 aliphatic heterocycles. The molecule has 0 saturated carbocycles. The van der Waals surface area contributed by atoms with Crippen molar-refractivity contribution in [3.63, 3.8) is 0 Å². The highest BCUT2D eigenvalue weighted by molar-refractivity contribution is 14.4. The first kappa shape index (κ1) is 7.34. The fourth-order valence-electron chi connectivity index (χ4n) is 0. The van der Waals surface area contributed by atoms with Crippen LogP contribution in [0, 0.1) is 0 Å². The quantitative estimate of drug-likeness (QED) is 0.317. The monoisotopic (exact) mass is 428 g/mol. The van der Waals surface area contributed by atoms with Gasteiger partial charge in [-0.2, -0.15) is 0 Å².